The Hall–Kier alpha value is 0.140. The first kappa shape index (κ1) is 13.2. The van der Waals surface area contributed by atoms with Crippen molar-refractivity contribution in [1.29, 1.82) is 0 Å². The second-order valence-corrected chi connectivity index (χ2v) is 6.05. The molecule has 0 saturated carbocycles. The molecule has 0 saturated heterocycles. The maximum Gasteiger partial charge on any atom is 0.0452 e. The van der Waals surface area contributed by atoms with Gasteiger partial charge in [0.25, 0.3) is 0 Å². The minimum absolute atomic E-state index is 0.494. The van der Waals surface area contributed by atoms with E-state index < -0.39 is 0 Å². The summed E-state index contributed by atoms with van der Waals surface area (Å²) in [7, 11) is 2.06. The van der Waals surface area contributed by atoms with Crippen molar-refractivity contribution < 1.29 is 0 Å². The van der Waals surface area contributed by atoms with E-state index >= 15 is 0 Å². The van der Waals surface area contributed by atoms with Crippen molar-refractivity contribution >= 4 is 27.3 Å². The fraction of sp³-hybridized carbons (Fsp3) is 0.667. The van der Waals surface area contributed by atoms with Crippen molar-refractivity contribution in [1.82, 2.24) is 5.32 Å². The summed E-state index contributed by atoms with van der Waals surface area (Å²) in [5.74, 6) is 0.726. The van der Waals surface area contributed by atoms with Crippen LogP contribution < -0.4 is 5.32 Å². The van der Waals surface area contributed by atoms with Crippen LogP contribution in [0.15, 0.2) is 10.5 Å². The lowest BCUT2D eigenvalue weighted by Gasteiger charge is -2.24. The van der Waals surface area contributed by atoms with E-state index in [1.807, 2.05) is 11.3 Å². The van der Waals surface area contributed by atoms with Crippen LogP contribution in [-0.4, -0.2) is 7.05 Å². The number of hydrogen-bond acceptors (Lipinski definition) is 2. The summed E-state index contributed by atoms with van der Waals surface area (Å²) < 4.78 is 1.26. The Morgan fingerprint density at radius 2 is 2.00 bits per heavy atom. The molecular formula is C12H20BrNS. The molecule has 0 radical (unpaired) electrons. The largest absolute Gasteiger partial charge is 0.312 e. The normalized spacial score (nSPS) is 13.5. The number of halogens is 1. The van der Waals surface area contributed by atoms with Gasteiger partial charge in [0.05, 0.1) is 0 Å². The highest BCUT2D eigenvalue weighted by Gasteiger charge is 2.22. The third-order valence-corrected chi connectivity index (χ3v) is 5.00. The molecule has 0 aliphatic carbocycles. The third-order valence-electron chi connectivity index (χ3n) is 2.95. The molecule has 0 fully saturated rings. The molecule has 3 heteroatoms. The Bertz CT molecular complexity index is 305. The maximum absolute atomic E-state index is 3.66. The zero-order chi connectivity index (χ0) is 11.4. The van der Waals surface area contributed by atoms with E-state index in [1.54, 1.807) is 0 Å². The van der Waals surface area contributed by atoms with Crippen molar-refractivity contribution in [3.8, 4) is 0 Å². The number of nitrogens with one attached hydrogen (secondary N) is 1. The molecule has 15 heavy (non-hydrogen) atoms. The van der Waals surface area contributed by atoms with E-state index in [0.29, 0.717) is 6.04 Å². The zero-order valence-electron chi connectivity index (χ0n) is 9.93. The van der Waals surface area contributed by atoms with Crippen LogP contribution >= 0.6 is 27.3 Å². The molecule has 0 aliphatic rings. The first-order valence-electron chi connectivity index (χ1n) is 5.57. The number of hydrogen-bond donors (Lipinski definition) is 1. The monoisotopic (exact) mass is 289 g/mol. The molecule has 0 amide bonds. The standard InChI is InChI=1S/C12H20BrNS/c1-5-9(6-2)11(14-4)12-10(13)7-8(3)15-12/h7,9,11,14H,5-6H2,1-4H3. The number of rotatable bonds is 5. The lowest BCUT2D eigenvalue weighted by Crippen LogP contribution is -2.23. The van der Waals surface area contributed by atoms with Gasteiger partial charge in [-0.2, -0.15) is 0 Å². The Kier molecular flexibility index (Phi) is 5.30. The summed E-state index contributed by atoms with van der Waals surface area (Å²) in [6.45, 7) is 6.71. The fourth-order valence-electron chi connectivity index (χ4n) is 2.05. The van der Waals surface area contributed by atoms with Gasteiger partial charge in [-0.05, 0) is 41.9 Å². The van der Waals surface area contributed by atoms with Crippen molar-refractivity contribution in [2.75, 3.05) is 7.05 Å². The van der Waals surface area contributed by atoms with Crippen molar-refractivity contribution in [3.63, 3.8) is 0 Å². The summed E-state index contributed by atoms with van der Waals surface area (Å²) in [6.07, 6.45) is 2.46. The highest BCUT2D eigenvalue weighted by molar-refractivity contribution is 9.10. The molecule has 0 spiro atoms. The second-order valence-electron chi connectivity index (χ2n) is 3.91. The van der Waals surface area contributed by atoms with Crippen LogP contribution in [0.4, 0.5) is 0 Å². The Morgan fingerprint density at radius 3 is 2.33 bits per heavy atom. The first-order chi connectivity index (χ1) is 7.13. The molecule has 1 rings (SSSR count). The predicted molar refractivity (Wildman–Crippen MR) is 72.6 cm³/mol. The van der Waals surface area contributed by atoms with E-state index in [9.17, 15) is 0 Å². The van der Waals surface area contributed by atoms with Crippen molar-refractivity contribution in [2.24, 2.45) is 5.92 Å². The summed E-state index contributed by atoms with van der Waals surface area (Å²) in [6, 6.07) is 2.71. The lowest BCUT2D eigenvalue weighted by atomic mass is 9.93. The lowest BCUT2D eigenvalue weighted by molar-refractivity contribution is 0.363. The summed E-state index contributed by atoms with van der Waals surface area (Å²) in [4.78, 5) is 2.83. The topological polar surface area (TPSA) is 12.0 Å². The molecule has 1 aromatic heterocycles. The summed E-state index contributed by atoms with van der Waals surface area (Å²) in [5.41, 5.74) is 0. The van der Waals surface area contributed by atoms with Gasteiger partial charge < -0.3 is 5.32 Å². The Morgan fingerprint density at radius 1 is 1.40 bits per heavy atom. The Balaban J connectivity index is 2.95. The van der Waals surface area contributed by atoms with Crippen LogP contribution in [0, 0.1) is 12.8 Å². The minimum Gasteiger partial charge on any atom is -0.312 e. The third kappa shape index (κ3) is 3.05. The van der Waals surface area contributed by atoms with Gasteiger partial charge in [-0.3, -0.25) is 0 Å². The van der Waals surface area contributed by atoms with Crippen LogP contribution in [-0.2, 0) is 0 Å². The smallest absolute Gasteiger partial charge is 0.0452 e. The van der Waals surface area contributed by atoms with Crippen LogP contribution in [0.25, 0.3) is 0 Å². The maximum atomic E-state index is 3.66. The highest BCUT2D eigenvalue weighted by atomic mass is 79.9. The molecule has 1 nitrogen and oxygen atoms in total. The van der Waals surface area contributed by atoms with E-state index in [2.05, 4.69) is 55.1 Å². The molecule has 86 valence electrons. The van der Waals surface area contributed by atoms with Gasteiger partial charge in [0, 0.05) is 20.3 Å². The van der Waals surface area contributed by atoms with Crippen molar-refractivity contribution in [3.05, 3.63) is 20.3 Å². The average molecular weight is 290 g/mol. The minimum atomic E-state index is 0.494. The second kappa shape index (κ2) is 6.02. The molecule has 1 atom stereocenters. The molecule has 0 aliphatic heterocycles. The van der Waals surface area contributed by atoms with Crippen molar-refractivity contribution in [2.45, 2.75) is 39.7 Å². The molecule has 1 unspecified atom stereocenters. The predicted octanol–water partition coefficient (Wildman–Crippen LogP) is 4.52. The van der Waals surface area contributed by atoms with Gasteiger partial charge in [0.15, 0.2) is 0 Å². The Labute approximate surface area is 105 Å². The van der Waals surface area contributed by atoms with Crippen LogP contribution in [0.5, 0.6) is 0 Å². The SMILES string of the molecule is CCC(CC)C(NC)c1sc(C)cc1Br. The summed E-state index contributed by atoms with van der Waals surface area (Å²) in [5, 5.41) is 3.45. The molecule has 1 N–H and O–H groups in total. The van der Waals surface area contributed by atoms with Gasteiger partial charge in [0.1, 0.15) is 0 Å². The molecule has 1 heterocycles. The molecule has 0 aromatic carbocycles. The van der Waals surface area contributed by atoms with Gasteiger partial charge in [-0.15, -0.1) is 11.3 Å². The number of aryl methyl sites for hydroxylation is 1. The van der Waals surface area contributed by atoms with Crippen LogP contribution in [0.1, 0.15) is 42.5 Å². The quantitative estimate of drug-likeness (QED) is 0.841. The molecule has 1 aromatic rings. The average Bonchev–Trinajstić information content (AvgIpc) is 2.54. The van der Waals surface area contributed by atoms with Gasteiger partial charge >= 0.3 is 0 Å². The first-order valence-corrected chi connectivity index (χ1v) is 7.18. The van der Waals surface area contributed by atoms with E-state index in [1.165, 1.54) is 27.1 Å². The zero-order valence-corrected chi connectivity index (χ0v) is 12.3. The van der Waals surface area contributed by atoms with Gasteiger partial charge in [0.2, 0.25) is 0 Å². The fourth-order valence-corrected chi connectivity index (χ4v) is 4.16. The number of thiophene rings is 1. The highest BCUT2D eigenvalue weighted by Crippen LogP contribution is 2.37. The van der Waals surface area contributed by atoms with Gasteiger partial charge in [-0.1, -0.05) is 26.7 Å². The van der Waals surface area contributed by atoms with Crippen LogP contribution in [0.3, 0.4) is 0 Å². The molecular weight excluding hydrogens is 270 g/mol. The van der Waals surface area contributed by atoms with E-state index in [-0.39, 0.29) is 0 Å². The molecule has 0 bridgehead atoms. The van der Waals surface area contributed by atoms with Gasteiger partial charge in [-0.25, -0.2) is 0 Å². The van der Waals surface area contributed by atoms with E-state index in [4.69, 9.17) is 0 Å². The summed E-state index contributed by atoms with van der Waals surface area (Å²) >= 11 is 5.55. The van der Waals surface area contributed by atoms with Crippen LogP contribution in [0.2, 0.25) is 0 Å². The van der Waals surface area contributed by atoms with E-state index in [0.717, 1.165) is 5.92 Å².